The third-order valence-corrected chi connectivity index (χ3v) is 2.79. The van der Waals surface area contributed by atoms with Crippen LogP contribution in [0.1, 0.15) is 23.1 Å². The second-order valence-corrected chi connectivity index (χ2v) is 4.30. The van der Waals surface area contributed by atoms with Crippen molar-refractivity contribution in [3.05, 3.63) is 41.5 Å². The Labute approximate surface area is 116 Å². The van der Waals surface area contributed by atoms with Crippen LogP contribution in [-0.2, 0) is 16.0 Å². The standard InChI is InChI=1S/C13H16N4O3/c1-9-11(17-20-16-9)7-13(18)15-12(8-19-2)10-5-3-4-6-14-10/h3-6,12H,7-8H2,1-2H3,(H,15,18)/t12-/m1/s1. The van der Waals surface area contributed by atoms with Gasteiger partial charge in [0.1, 0.15) is 11.4 Å². The molecule has 0 radical (unpaired) electrons. The smallest absolute Gasteiger partial charge is 0.226 e. The highest BCUT2D eigenvalue weighted by Gasteiger charge is 2.17. The third kappa shape index (κ3) is 3.61. The van der Waals surface area contributed by atoms with Gasteiger partial charge >= 0.3 is 0 Å². The fraction of sp³-hybridized carbons (Fsp3) is 0.385. The summed E-state index contributed by atoms with van der Waals surface area (Å²) in [4.78, 5) is 16.2. The fourth-order valence-electron chi connectivity index (χ4n) is 1.76. The normalized spacial score (nSPS) is 12.1. The summed E-state index contributed by atoms with van der Waals surface area (Å²) in [5.41, 5.74) is 1.89. The maximum atomic E-state index is 12.0. The predicted octanol–water partition coefficient (Wildman–Crippen LogP) is 0.819. The molecule has 1 amide bonds. The minimum absolute atomic E-state index is 0.113. The van der Waals surface area contributed by atoms with Crippen LogP contribution in [0, 0.1) is 6.92 Å². The van der Waals surface area contributed by atoms with Gasteiger partial charge in [-0.25, -0.2) is 4.63 Å². The summed E-state index contributed by atoms with van der Waals surface area (Å²) in [5.74, 6) is -0.184. The van der Waals surface area contributed by atoms with Gasteiger partial charge in [-0.2, -0.15) is 0 Å². The Hall–Kier alpha value is -2.28. The van der Waals surface area contributed by atoms with Crippen LogP contribution in [0.15, 0.2) is 29.0 Å². The number of hydrogen-bond acceptors (Lipinski definition) is 6. The zero-order valence-corrected chi connectivity index (χ0v) is 11.4. The zero-order chi connectivity index (χ0) is 14.4. The van der Waals surface area contributed by atoms with Gasteiger partial charge in [0.05, 0.1) is 24.8 Å². The molecule has 0 unspecified atom stereocenters. The van der Waals surface area contributed by atoms with E-state index in [-0.39, 0.29) is 18.4 Å². The maximum Gasteiger partial charge on any atom is 0.226 e. The zero-order valence-electron chi connectivity index (χ0n) is 11.4. The van der Waals surface area contributed by atoms with Crippen LogP contribution in [0.2, 0.25) is 0 Å². The maximum absolute atomic E-state index is 12.0. The molecule has 7 heteroatoms. The van der Waals surface area contributed by atoms with Crippen LogP contribution < -0.4 is 5.32 Å². The molecular formula is C13H16N4O3. The van der Waals surface area contributed by atoms with Crippen LogP contribution in [-0.4, -0.2) is 34.9 Å². The molecule has 0 aliphatic heterocycles. The van der Waals surface area contributed by atoms with Crippen LogP contribution in [0.4, 0.5) is 0 Å². The van der Waals surface area contributed by atoms with Gasteiger partial charge in [0.15, 0.2) is 0 Å². The van der Waals surface area contributed by atoms with E-state index in [1.54, 1.807) is 20.2 Å². The van der Waals surface area contributed by atoms with Gasteiger partial charge in [-0.3, -0.25) is 9.78 Å². The molecule has 2 aromatic heterocycles. The van der Waals surface area contributed by atoms with Crippen molar-refractivity contribution in [2.24, 2.45) is 0 Å². The molecule has 0 saturated carbocycles. The monoisotopic (exact) mass is 276 g/mol. The quantitative estimate of drug-likeness (QED) is 0.840. The lowest BCUT2D eigenvalue weighted by atomic mass is 10.1. The van der Waals surface area contributed by atoms with E-state index in [2.05, 4.69) is 25.2 Å². The highest BCUT2D eigenvalue weighted by atomic mass is 16.6. The highest BCUT2D eigenvalue weighted by Crippen LogP contribution is 2.10. The lowest BCUT2D eigenvalue weighted by Crippen LogP contribution is -2.33. The number of rotatable bonds is 6. The summed E-state index contributed by atoms with van der Waals surface area (Å²) in [6.07, 6.45) is 1.79. The Morgan fingerprint density at radius 2 is 2.30 bits per heavy atom. The predicted molar refractivity (Wildman–Crippen MR) is 69.7 cm³/mol. The Bertz CT molecular complexity index is 556. The minimum atomic E-state index is -0.297. The molecule has 0 aliphatic rings. The number of amides is 1. The Kier molecular flexibility index (Phi) is 4.78. The molecule has 2 rings (SSSR count). The van der Waals surface area contributed by atoms with Crippen molar-refractivity contribution in [2.45, 2.75) is 19.4 Å². The van der Waals surface area contributed by atoms with Crippen LogP contribution in [0.25, 0.3) is 0 Å². The lowest BCUT2D eigenvalue weighted by molar-refractivity contribution is -0.121. The first-order chi connectivity index (χ1) is 9.70. The second-order valence-electron chi connectivity index (χ2n) is 4.30. The molecule has 106 valence electrons. The largest absolute Gasteiger partial charge is 0.382 e. The number of ether oxygens (including phenoxy) is 1. The van der Waals surface area contributed by atoms with E-state index in [1.165, 1.54) is 0 Å². The van der Waals surface area contributed by atoms with E-state index >= 15 is 0 Å². The highest BCUT2D eigenvalue weighted by molar-refractivity contribution is 5.78. The fourth-order valence-corrected chi connectivity index (χ4v) is 1.76. The van der Waals surface area contributed by atoms with Gasteiger partial charge in [0, 0.05) is 13.3 Å². The number of carbonyl (C=O) groups excluding carboxylic acids is 1. The molecule has 0 aliphatic carbocycles. The van der Waals surface area contributed by atoms with Gasteiger partial charge in [-0.1, -0.05) is 16.4 Å². The molecule has 1 atom stereocenters. The molecular weight excluding hydrogens is 260 g/mol. The number of nitrogens with zero attached hydrogens (tertiary/aromatic N) is 3. The molecule has 7 nitrogen and oxygen atoms in total. The van der Waals surface area contributed by atoms with Crippen molar-refractivity contribution in [3.63, 3.8) is 0 Å². The molecule has 2 aromatic rings. The number of nitrogens with one attached hydrogen (secondary N) is 1. The topological polar surface area (TPSA) is 90.1 Å². The summed E-state index contributed by atoms with van der Waals surface area (Å²) in [6.45, 7) is 2.09. The van der Waals surface area contributed by atoms with Crippen molar-refractivity contribution >= 4 is 5.91 Å². The number of pyridine rings is 1. The number of hydrogen-bond donors (Lipinski definition) is 1. The first-order valence-corrected chi connectivity index (χ1v) is 6.18. The van der Waals surface area contributed by atoms with Crippen molar-refractivity contribution in [1.29, 1.82) is 0 Å². The van der Waals surface area contributed by atoms with E-state index in [0.717, 1.165) is 5.69 Å². The average molecular weight is 276 g/mol. The van der Waals surface area contributed by atoms with Crippen molar-refractivity contribution < 1.29 is 14.2 Å². The van der Waals surface area contributed by atoms with E-state index in [9.17, 15) is 4.79 Å². The van der Waals surface area contributed by atoms with Gasteiger partial charge < -0.3 is 10.1 Å². The van der Waals surface area contributed by atoms with E-state index in [1.807, 2.05) is 18.2 Å². The van der Waals surface area contributed by atoms with Crippen LogP contribution in [0.3, 0.4) is 0 Å². The van der Waals surface area contributed by atoms with Gasteiger partial charge in [0.25, 0.3) is 0 Å². The molecule has 2 heterocycles. The lowest BCUT2D eigenvalue weighted by Gasteiger charge is -2.17. The Morgan fingerprint density at radius 1 is 1.45 bits per heavy atom. The van der Waals surface area contributed by atoms with Gasteiger partial charge in [0.2, 0.25) is 5.91 Å². The van der Waals surface area contributed by atoms with E-state index in [4.69, 9.17) is 4.74 Å². The molecule has 20 heavy (non-hydrogen) atoms. The molecule has 1 N–H and O–H groups in total. The van der Waals surface area contributed by atoms with E-state index < -0.39 is 0 Å². The molecule has 0 saturated heterocycles. The SMILES string of the molecule is COC[C@@H](NC(=O)Cc1nonc1C)c1ccccn1. The Balaban J connectivity index is 2.01. The summed E-state index contributed by atoms with van der Waals surface area (Å²) in [7, 11) is 1.58. The first-order valence-electron chi connectivity index (χ1n) is 6.18. The summed E-state index contributed by atoms with van der Waals surface area (Å²) < 4.78 is 9.68. The van der Waals surface area contributed by atoms with Crippen molar-refractivity contribution in [3.8, 4) is 0 Å². The van der Waals surface area contributed by atoms with Crippen LogP contribution in [0.5, 0.6) is 0 Å². The van der Waals surface area contributed by atoms with Crippen molar-refractivity contribution in [1.82, 2.24) is 20.6 Å². The molecule has 0 aromatic carbocycles. The van der Waals surface area contributed by atoms with Gasteiger partial charge in [-0.15, -0.1) is 0 Å². The van der Waals surface area contributed by atoms with Crippen molar-refractivity contribution in [2.75, 3.05) is 13.7 Å². The Morgan fingerprint density at radius 3 is 2.90 bits per heavy atom. The number of aryl methyl sites for hydroxylation is 1. The summed E-state index contributed by atoms with van der Waals surface area (Å²) in [6, 6.07) is 5.23. The average Bonchev–Trinajstić information content (AvgIpc) is 2.85. The molecule has 0 spiro atoms. The summed E-state index contributed by atoms with van der Waals surface area (Å²) >= 11 is 0. The minimum Gasteiger partial charge on any atom is -0.382 e. The molecule has 0 fully saturated rings. The number of methoxy groups -OCH3 is 1. The number of aromatic nitrogens is 3. The first kappa shape index (κ1) is 14.1. The van der Waals surface area contributed by atoms with E-state index in [0.29, 0.717) is 18.0 Å². The van der Waals surface area contributed by atoms with Gasteiger partial charge in [-0.05, 0) is 19.1 Å². The third-order valence-electron chi connectivity index (χ3n) is 2.79. The summed E-state index contributed by atoms with van der Waals surface area (Å²) in [5, 5.41) is 10.2. The second kappa shape index (κ2) is 6.76. The van der Waals surface area contributed by atoms with Crippen LogP contribution >= 0.6 is 0 Å². The molecule has 0 bridgehead atoms. The number of carbonyl (C=O) groups is 1.